The van der Waals surface area contributed by atoms with Crippen LogP contribution in [0.5, 0.6) is 0 Å². The van der Waals surface area contributed by atoms with Crippen LogP contribution >= 0.6 is 11.8 Å². The first-order valence-electron chi connectivity index (χ1n) is 4.35. The maximum atomic E-state index is 8.96. The highest BCUT2D eigenvalue weighted by atomic mass is 32.2. The van der Waals surface area contributed by atoms with Gasteiger partial charge in [-0.05, 0) is 18.6 Å². The minimum Gasteiger partial charge on any atom is -0.396 e. The zero-order chi connectivity index (χ0) is 9.40. The fourth-order valence-electron chi connectivity index (χ4n) is 0.874. The van der Waals surface area contributed by atoms with Gasteiger partial charge in [0.05, 0.1) is 6.61 Å². The molecule has 0 aliphatic rings. The molecule has 0 rings (SSSR count). The lowest BCUT2D eigenvalue weighted by Gasteiger charge is -2.19. The van der Waals surface area contributed by atoms with Gasteiger partial charge in [-0.3, -0.25) is 0 Å². The van der Waals surface area contributed by atoms with E-state index in [4.69, 9.17) is 15.9 Å². The molecule has 0 aliphatic carbocycles. The Morgan fingerprint density at radius 1 is 1.42 bits per heavy atom. The minimum atomic E-state index is 0.0682. The largest absolute Gasteiger partial charge is 0.396 e. The molecule has 74 valence electrons. The molecule has 0 aromatic rings. The van der Waals surface area contributed by atoms with Crippen molar-refractivity contribution in [1.82, 2.24) is 0 Å². The van der Waals surface area contributed by atoms with Gasteiger partial charge in [-0.25, -0.2) is 0 Å². The van der Waals surface area contributed by atoms with E-state index in [1.54, 1.807) is 11.8 Å². The summed E-state index contributed by atoms with van der Waals surface area (Å²) in [6.07, 6.45) is 1.66. The predicted octanol–water partition coefficient (Wildman–Crippen LogP) is 0.200. The second-order valence-electron chi connectivity index (χ2n) is 2.74. The van der Waals surface area contributed by atoms with Crippen LogP contribution in [0.4, 0.5) is 0 Å². The van der Waals surface area contributed by atoms with Crippen molar-refractivity contribution in [1.29, 1.82) is 0 Å². The van der Waals surface area contributed by atoms with Crippen LogP contribution < -0.4 is 5.73 Å². The summed E-state index contributed by atoms with van der Waals surface area (Å²) in [6, 6.07) is 0.0682. The molecule has 4 N–H and O–H groups in total. The molecule has 0 saturated carbocycles. The lowest BCUT2D eigenvalue weighted by atomic mass is 10.2. The number of rotatable bonds is 7. The zero-order valence-corrected chi connectivity index (χ0v) is 8.39. The number of hydrogen-bond donors (Lipinski definition) is 3. The summed E-state index contributed by atoms with van der Waals surface area (Å²) in [7, 11) is 0. The van der Waals surface area contributed by atoms with E-state index < -0.39 is 0 Å². The van der Waals surface area contributed by atoms with Gasteiger partial charge in [0, 0.05) is 17.9 Å². The van der Waals surface area contributed by atoms with Crippen LogP contribution in [-0.2, 0) is 0 Å². The molecule has 12 heavy (non-hydrogen) atoms. The molecule has 0 bridgehead atoms. The van der Waals surface area contributed by atoms with Crippen molar-refractivity contribution in [2.75, 3.05) is 19.0 Å². The van der Waals surface area contributed by atoms with E-state index in [2.05, 4.69) is 0 Å². The van der Waals surface area contributed by atoms with E-state index in [1.807, 2.05) is 6.92 Å². The molecule has 0 aromatic carbocycles. The Morgan fingerprint density at radius 3 is 2.50 bits per heavy atom. The third-order valence-corrected chi connectivity index (χ3v) is 3.21. The summed E-state index contributed by atoms with van der Waals surface area (Å²) in [6.45, 7) is 2.36. The molecule has 0 spiro atoms. The fourth-order valence-corrected chi connectivity index (χ4v) is 2.02. The number of aliphatic hydroxyl groups is 2. The zero-order valence-electron chi connectivity index (χ0n) is 7.57. The molecule has 0 aliphatic heterocycles. The minimum absolute atomic E-state index is 0.0682. The van der Waals surface area contributed by atoms with Gasteiger partial charge in [-0.15, -0.1) is 0 Å². The van der Waals surface area contributed by atoms with Crippen LogP contribution in [0.1, 0.15) is 19.8 Å². The Morgan fingerprint density at radius 2 is 2.08 bits per heavy atom. The summed E-state index contributed by atoms with van der Waals surface area (Å²) < 4.78 is 0. The summed E-state index contributed by atoms with van der Waals surface area (Å²) in [5, 5.41) is 17.6. The van der Waals surface area contributed by atoms with Gasteiger partial charge >= 0.3 is 0 Å². The average Bonchev–Trinajstić information content (AvgIpc) is 2.11. The summed E-state index contributed by atoms with van der Waals surface area (Å²) >= 11 is 1.64. The molecule has 3 nitrogen and oxygen atoms in total. The van der Waals surface area contributed by atoms with Crippen LogP contribution in [0.3, 0.4) is 0 Å². The van der Waals surface area contributed by atoms with Crippen molar-refractivity contribution in [2.24, 2.45) is 5.73 Å². The van der Waals surface area contributed by atoms with E-state index in [-0.39, 0.29) is 24.5 Å². The third kappa shape index (κ3) is 4.98. The molecule has 4 heteroatoms. The van der Waals surface area contributed by atoms with Crippen molar-refractivity contribution in [3.63, 3.8) is 0 Å². The van der Waals surface area contributed by atoms with Crippen molar-refractivity contribution < 1.29 is 10.2 Å². The molecular weight excluding hydrogens is 174 g/mol. The highest BCUT2D eigenvalue weighted by molar-refractivity contribution is 7.99. The molecule has 2 unspecified atom stereocenters. The Hall–Kier alpha value is 0.230. The Bertz CT molecular complexity index is 103. The quantitative estimate of drug-likeness (QED) is 0.505. The van der Waals surface area contributed by atoms with E-state index in [1.165, 1.54) is 0 Å². The van der Waals surface area contributed by atoms with E-state index in [0.717, 1.165) is 18.6 Å². The summed E-state index contributed by atoms with van der Waals surface area (Å²) in [5.74, 6) is 0.870. The molecule has 2 atom stereocenters. The van der Waals surface area contributed by atoms with E-state index >= 15 is 0 Å². The van der Waals surface area contributed by atoms with Crippen LogP contribution in [0.25, 0.3) is 0 Å². The lowest BCUT2D eigenvalue weighted by Crippen LogP contribution is -2.34. The average molecular weight is 193 g/mol. The highest BCUT2D eigenvalue weighted by Gasteiger charge is 2.14. The molecule has 0 heterocycles. The van der Waals surface area contributed by atoms with Gasteiger partial charge in [-0.2, -0.15) is 11.8 Å². The van der Waals surface area contributed by atoms with Crippen molar-refractivity contribution in [3.8, 4) is 0 Å². The van der Waals surface area contributed by atoms with Gasteiger partial charge in [0.15, 0.2) is 0 Å². The Kier molecular flexibility index (Phi) is 8.01. The van der Waals surface area contributed by atoms with Gasteiger partial charge in [-0.1, -0.05) is 6.92 Å². The Balaban J connectivity index is 3.52. The molecule has 0 saturated heterocycles. The topological polar surface area (TPSA) is 66.5 Å². The fraction of sp³-hybridized carbons (Fsp3) is 1.00. The second-order valence-corrected chi connectivity index (χ2v) is 4.09. The number of aliphatic hydroxyl groups excluding tert-OH is 2. The molecular formula is C8H19NO2S. The first-order valence-corrected chi connectivity index (χ1v) is 5.40. The van der Waals surface area contributed by atoms with Crippen molar-refractivity contribution in [2.45, 2.75) is 31.1 Å². The van der Waals surface area contributed by atoms with Gasteiger partial charge in [0.25, 0.3) is 0 Å². The summed E-state index contributed by atoms with van der Waals surface area (Å²) in [5.41, 5.74) is 5.77. The van der Waals surface area contributed by atoms with Gasteiger partial charge in [0.1, 0.15) is 0 Å². The smallest absolute Gasteiger partial charge is 0.0565 e. The van der Waals surface area contributed by atoms with Gasteiger partial charge in [0.2, 0.25) is 0 Å². The molecule has 0 fully saturated rings. The standard InChI is InChI=1S/C8H19NO2S/c1-2-7(9)8(6-11)12-5-3-4-10/h7-8,10-11H,2-6,9H2,1H3. The summed E-state index contributed by atoms with van der Waals surface area (Å²) in [4.78, 5) is 0. The highest BCUT2D eigenvalue weighted by Crippen LogP contribution is 2.15. The van der Waals surface area contributed by atoms with Crippen molar-refractivity contribution >= 4 is 11.8 Å². The molecule has 0 aromatic heterocycles. The van der Waals surface area contributed by atoms with Crippen molar-refractivity contribution in [3.05, 3.63) is 0 Å². The first kappa shape index (κ1) is 12.2. The van der Waals surface area contributed by atoms with Crippen LogP contribution in [-0.4, -0.2) is 40.5 Å². The number of hydrogen-bond acceptors (Lipinski definition) is 4. The van der Waals surface area contributed by atoms with Gasteiger partial charge < -0.3 is 15.9 Å². The molecule has 0 radical (unpaired) electrons. The van der Waals surface area contributed by atoms with E-state index in [9.17, 15) is 0 Å². The maximum absolute atomic E-state index is 8.96. The third-order valence-electron chi connectivity index (χ3n) is 1.76. The van der Waals surface area contributed by atoms with E-state index in [0.29, 0.717) is 0 Å². The number of thioether (sulfide) groups is 1. The molecule has 0 amide bonds. The first-order chi connectivity index (χ1) is 5.76. The Labute approximate surface area is 78.3 Å². The predicted molar refractivity (Wildman–Crippen MR) is 53.3 cm³/mol. The monoisotopic (exact) mass is 193 g/mol. The normalized spacial score (nSPS) is 16.0. The number of nitrogens with two attached hydrogens (primary N) is 1. The maximum Gasteiger partial charge on any atom is 0.0565 e. The lowest BCUT2D eigenvalue weighted by molar-refractivity contribution is 0.280. The second kappa shape index (κ2) is 7.86. The van der Waals surface area contributed by atoms with Crippen LogP contribution in [0.2, 0.25) is 0 Å². The SMILES string of the molecule is CCC(N)C(CO)SCCCO. The van der Waals surface area contributed by atoms with Crippen LogP contribution in [0.15, 0.2) is 0 Å². The van der Waals surface area contributed by atoms with Crippen LogP contribution in [0, 0.1) is 0 Å².